The summed E-state index contributed by atoms with van der Waals surface area (Å²) in [6.45, 7) is 0.146. The van der Waals surface area contributed by atoms with Crippen LogP contribution in [0.15, 0.2) is 42.9 Å². The van der Waals surface area contributed by atoms with Crippen LogP contribution in [-0.4, -0.2) is 15.3 Å². The summed E-state index contributed by atoms with van der Waals surface area (Å²) in [7, 11) is 0. The molecule has 0 unspecified atom stereocenters. The molecule has 0 atom stereocenters. The minimum absolute atomic E-state index is 0.0323. The molecule has 2 aromatic rings. The Kier molecular flexibility index (Phi) is 2.79. The third kappa shape index (κ3) is 1.98. The van der Waals surface area contributed by atoms with Crippen molar-refractivity contribution >= 4 is 5.78 Å². The van der Waals surface area contributed by atoms with Gasteiger partial charge in [0.1, 0.15) is 11.8 Å². The van der Waals surface area contributed by atoms with Gasteiger partial charge in [-0.25, -0.2) is 4.98 Å². The lowest BCUT2D eigenvalue weighted by atomic mass is 10.1. The molecule has 0 spiro atoms. The van der Waals surface area contributed by atoms with Crippen molar-refractivity contribution in [2.24, 2.45) is 0 Å². The van der Waals surface area contributed by atoms with Gasteiger partial charge in [0.05, 0.1) is 19.1 Å². The summed E-state index contributed by atoms with van der Waals surface area (Å²) in [6.07, 6.45) is 2.93. The van der Waals surface area contributed by atoms with Crippen molar-refractivity contribution in [3.8, 4) is 6.07 Å². The quantitative estimate of drug-likeness (QED) is 0.725. The van der Waals surface area contributed by atoms with Crippen molar-refractivity contribution in [1.82, 2.24) is 9.55 Å². The lowest BCUT2D eigenvalue weighted by Gasteiger charge is -2.02. The second kappa shape index (κ2) is 4.41. The standard InChI is InChI=1S/C12H9N3O/c13-6-11-7-14-9-15(11)8-12(16)10-4-2-1-3-5-10/h1-5,7,9H,8H2. The Balaban J connectivity index is 2.18. The van der Waals surface area contributed by atoms with Gasteiger partial charge >= 0.3 is 0 Å². The first-order chi connectivity index (χ1) is 7.81. The SMILES string of the molecule is N#Cc1cncn1CC(=O)c1ccccc1. The summed E-state index contributed by atoms with van der Waals surface area (Å²) in [5.74, 6) is -0.0323. The lowest BCUT2D eigenvalue weighted by molar-refractivity contribution is 0.0972. The molecule has 0 aliphatic carbocycles. The number of benzene rings is 1. The van der Waals surface area contributed by atoms with E-state index in [0.29, 0.717) is 11.3 Å². The maximum Gasteiger partial charge on any atom is 0.182 e. The summed E-state index contributed by atoms with van der Waals surface area (Å²) >= 11 is 0. The first-order valence-corrected chi connectivity index (χ1v) is 4.80. The number of aromatic nitrogens is 2. The van der Waals surface area contributed by atoms with E-state index in [9.17, 15) is 4.79 Å². The van der Waals surface area contributed by atoms with E-state index in [2.05, 4.69) is 4.98 Å². The molecule has 1 aromatic carbocycles. The predicted octanol–water partition coefficient (Wildman–Crippen LogP) is 1.64. The van der Waals surface area contributed by atoms with Gasteiger partial charge in [-0.05, 0) is 0 Å². The van der Waals surface area contributed by atoms with Crippen LogP contribution in [-0.2, 0) is 6.54 Å². The van der Waals surface area contributed by atoms with Gasteiger partial charge in [0.25, 0.3) is 0 Å². The number of nitrogens with zero attached hydrogens (tertiary/aromatic N) is 3. The average Bonchev–Trinajstić information content (AvgIpc) is 2.77. The Morgan fingerprint density at radius 2 is 2.12 bits per heavy atom. The van der Waals surface area contributed by atoms with Crippen LogP contribution in [0.2, 0.25) is 0 Å². The number of Topliss-reactive ketones (excluding diaryl/α,β-unsaturated/α-hetero) is 1. The second-order valence-corrected chi connectivity index (χ2v) is 3.31. The molecule has 0 bridgehead atoms. The van der Waals surface area contributed by atoms with Crippen molar-refractivity contribution < 1.29 is 4.79 Å². The third-order valence-electron chi connectivity index (χ3n) is 2.24. The highest BCUT2D eigenvalue weighted by molar-refractivity contribution is 5.95. The molecule has 0 aliphatic rings. The Labute approximate surface area is 92.8 Å². The molecule has 1 heterocycles. The number of hydrogen-bond donors (Lipinski definition) is 0. The van der Waals surface area contributed by atoms with E-state index >= 15 is 0 Å². The van der Waals surface area contributed by atoms with Gasteiger partial charge in [0.15, 0.2) is 5.78 Å². The van der Waals surface area contributed by atoms with E-state index in [0.717, 1.165) is 0 Å². The Morgan fingerprint density at radius 3 is 2.81 bits per heavy atom. The molecule has 0 N–H and O–H groups in total. The molecular formula is C12H9N3O. The molecule has 0 saturated heterocycles. The molecule has 0 amide bonds. The highest BCUT2D eigenvalue weighted by Crippen LogP contribution is 2.04. The molecule has 0 fully saturated rings. The summed E-state index contributed by atoms with van der Waals surface area (Å²) in [5, 5.41) is 8.77. The normalized spacial score (nSPS) is 9.69. The zero-order valence-electron chi connectivity index (χ0n) is 8.50. The van der Waals surface area contributed by atoms with Gasteiger partial charge in [0.2, 0.25) is 0 Å². The second-order valence-electron chi connectivity index (χ2n) is 3.31. The number of imidazole rings is 1. The molecule has 78 valence electrons. The zero-order chi connectivity index (χ0) is 11.4. The van der Waals surface area contributed by atoms with Crippen molar-refractivity contribution in [2.45, 2.75) is 6.54 Å². The van der Waals surface area contributed by atoms with Gasteiger partial charge in [-0.3, -0.25) is 4.79 Å². The van der Waals surface area contributed by atoms with Crippen LogP contribution >= 0.6 is 0 Å². The van der Waals surface area contributed by atoms with Crippen LogP contribution < -0.4 is 0 Å². The first kappa shape index (κ1) is 10.1. The molecule has 4 heteroatoms. The molecule has 0 saturated carbocycles. The van der Waals surface area contributed by atoms with E-state index in [1.165, 1.54) is 17.1 Å². The number of hydrogen-bond acceptors (Lipinski definition) is 3. The van der Waals surface area contributed by atoms with E-state index in [-0.39, 0.29) is 12.3 Å². The highest BCUT2D eigenvalue weighted by atomic mass is 16.1. The summed E-state index contributed by atoms with van der Waals surface area (Å²) in [6, 6.07) is 11.0. The average molecular weight is 211 g/mol. The predicted molar refractivity (Wildman–Crippen MR) is 57.7 cm³/mol. The fraction of sp³-hybridized carbons (Fsp3) is 0.0833. The minimum Gasteiger partial charge on any atom is -0.315 e. The van der Waals surface area contributed by atoms with Crippen LogP contribution in [0, 0.1) is 11.3 Å². The third-order valence-corrected chi connectivity index (χ3v) is 2.24. The van der Waals surface area contributed by atoms with Gasteiger partial charge in [-0.1, -0.05) is 30.3 Å². The van der Waals surface area contributed by atoms with Gasteiger partial charge in [0, 0.05) is 5.56 Å². The van der Waals surface area contributed by atoms with Crippen LogP contribution in [0.25, 0.3) is 0 Å². The monoisotopic (exact) mass is 211 g/mol. The lowest BCUT2D eigenvalue weighted by Crippen LogP contribution is -2.10. The Hall–Kier alpha value is -2.41. The van der Waals surface area contributed by atoms with E-state index in [1.54, 1.807) is 12.1 Å². The number of carbonyl (C=O) groups excluding carboxylic acids is 1. The van der Waals surface area contributed by atoms with Crippen molar-refractivity contribution in [2.75, 3.05) is 0 Å². The Morgan fingerprint density at radius 1 is 1.38 bits per heavy atom. The maximum absolute atomic E-state index is 11.8. The largest absolute Gasteiger partial charge is 0.315 e. The fourth-order valence-corrected chi connectivity index (χ4v) is 1.41. The van der Waals surface area contributed by atoms with E-state index < -0.39 is 0 Å². The van der Waals surface area contributed by atoms with Crippen LogP contribution in [0.1, 0.15) is 16.1 Å². The molecule has 1 aromatic heterocycles. The van der Waals surface area contributed by atoms with Crippen molar-refractivity contribution in [1.29, 1.82) is 5.26 Å². The molecule has 2 rings (SSSR count). The number of ketones is 1. The van der Waals surface area contributed by atoms with E-state index in [4.69, 9.17) is 5.26 Å². The topological polar surface area (TPSA) is 58.7 Å². The molecule has 16 heavy (non-hydrogen) atoms. The summed E-state index contributed by atoms with van der Waals surface area (Å²) < 4.78 is 1.54. The molecule has 0 radical (unpaired) electrons. The van der Waals surface area contributed by atoms with Crippen molar-refractivity contribution in [3.05, 3.63) is 54.1 Å². The molecular weight excluding hydrogens is 202 g/mol. The highest BCUT2D eigenvalue weighted by Gasteiger charge is 2.08. The number of carbonyl (C=O) groups is 1. The first-order valence-electron chi connectivity index (χ1n) is 4.80. The van der Waals surface area contributed by atoms with Crippen molar-refractivity contribution in [3.63, 3.8) is 0 Å². The zero-order valence-corrected chi connectivity index (χ0v) is 8.50. The maximum atomic E-state index is 11.8. The number of rotatable bonds is 3. The van der Waals surface area contributed by atoms with Gasteiger partial charge in [-0.2, -0.15) is 5.26 Å². The summed E-state index contributed by atoms with van der Waals surface area (Å²) in [4.78, 5) is 15.7. The molecule has 0 aliphatic heterocycles. The van der Waals surface area contributed by atoms with Gasteiger partial charge in [-0.15, -0.1) is 0 Å². The van der Waals surface area contributed by atoms with Crippen LogP contribution in [0.4, 0.5) is 0 Å². The minimum atomic E-state index is -0.0323. The number of nitriles is 1. The molecule has 4 nitrogen and oxygen atoms in total. The fourth-order valence-electron chi connectivity index (χ4n) is 1.41. The van der Waals surface area contributed by atoms with Crippen LogP contribution in [0.3, 0.4) is 0 Å². The summed E-state index contributed by atoms with van der Waals surface area (Å²) in [5.41, 5.74) is 1.03. The Bertz CT molecular complexity index is 537. The smallest absolute Gasteiger partial charge is 0.182 e. The van der Waals surface area contributed by atoms with E-state index in [1.807, 2.05) is 24.3 Å². The van der Waals surface area contributed by atoms with Gasteiger partial charge < -0.3 is 4.57 Å². The van der Waals surface area contributed by atoms with Crippen LogP contribution in [0.5, 0.6) is 0 Å².